The van der Waals surface area contributed by atoms with Gasteiger partial charge >= 0.3 is 0 Å². The van der Waals surface area contributed by atoms with Crippen molar-refractivity contribution in [3.8, 4) is 5.75 Å². The van der Waals surface area contributed by atoms with Gasteiger partial charge in [0, 0.05) is 26.2 Å². The normalized spacial score (nSPS) is 15.9. The molecule has 0 aromatic heterocycles. The molecule has 1 heterocycles. The van der Waals surface area contributed by atoms with Crippen LogP contribution >= 0.6 is 0 Å². The lowest BCUT2D eigenvalue weighted by molar-refractivity contribution is 0.346. The number of rotatable bonds is 5. The minimum absolute atomic E-state index is 0.805. The van der Waals surface area contributed by atoms with Crippen molar-refractivity contribution in [1.29, 1.82) is 0 Å². The molecule has 1 aliphatic heterocycles. The van der Waals surface area contributed by atoms with Gasteiger partial charge in [-0.3, -0.25) is 0 Å². The Morgan fingerprint density at radius 3 is 2.72 bits per heavy atom. The Morgan fingerprint density at radius 2 is 2.06 bits per heavy atom. The van der Waals surface area contributed by atoms with Gasteiger partial charge in [-0.25, -0.2) is 0 Å². The second-order valence-corrected chi connectivity index (χ2v) is 4.90. The maximum Gasteiger partial charge on any atom is 0.121 e. The molecule has 0 saturated carbocycles. The Balaban J connectivity index is 1.96. The average Bonchev–Trinajstić information content (AvgIpc) is 2.89. The molecule has 1 aliphatic rings. The van der Waals surface area contributed by atoms with Crippen LogP contribution in [0.25, 0.3) is 0 Å². The molecule has 18 heavy (non-hydrogen) atoms. The van der Waals surface area contributed by atoms with Gasteiger partial charge in [-0.15, -0.1) is 0 Å². The number of nitrogens with zero attached hydrogens (tertiary/aromatic N) is 2. The van der Waals surface area contributed by atoms with Crippen LogP contribution in [0.4, 0.5) is 11.4 Å². The minimum Gasteiger partial charge on any atom is -0.497 e. The van der Waals surface area contributed by atoms with Gasteiger partial charge in [0.15, 0.2) is 0 Å². The van der Waals surface area contributed by atoms with Crippen molar-refractivity contribution in [3.05, 3.63) is 18.2 Å². The van der Waals surface area contributed by atoms with Gasteiger partial charge in [0.25, 0.3) is 0 Å². The van der Waals surface area contributed by atoms with Gasteiger partial charge in [-0.05, 0) is 38.1 Å². The van der Waals surface area contributed by atoms with Crippen LogP contribution in [0.1, 0.15) is 12.8 Å². The highest BCUT2D eigenvalue weighted by molar-refractivity contribution is 5.69. The van der Waals surface area contributed by atoms with E-state index in [0.29, 0.717) is 0 Å². The molecule has 2 N–H and O–H groups in total. The third-order valence-corrected chi connectivity index (χ3v) is 3.60. The molecule has 0 atom stereocenters. The van der Waals surface area contributed by atoms with E-state index < -0.39 is 0 Å². The number of methoxy groups -OCH3 is 1. The molecule has 1 saturated heterocycles. The number of hydrogen-bond donors (Lipinski definition) is 1. The fourth-order valence-electron chi connectivity index (χ4n) is 2.40. The lowest BCUT2D eigenvalue weighted by Gasteiger charge is -2.24. The fourth-order valence-corrected chi connectivity index (χ4v) is 2.40. The first-order chi connectivity index (χ1) is 8.70. The van der Waals surface area contributed by atoms with E-state index in [1.165, 1.54) is 25.9 Å². The lowest BCUT2D eigenvalue weighted by atomic mass is 10.2. The zero-order chi connectivity index (χ0) is 13.0. The molecule has 0 bridgehead atoms. The molecular formula is C14H23N3O. The second-order valence-electron chi connectivity index (χ2n) is 4.90. The van der Waals surface area contributed by atoms with Gasteiger partial charge in [0.1, 0.15) is 5.75 Å². The maximum absolute atomic E-state index is 6.02. The predicted molar refractivity (Wildman–Crippen MR) is 76.4 cm³/mol. The van der Waals surface area contributed by atoms with Crippen LogP contribution < -0.4 is 15.4 Å². The molecule has 100 valence electrons. The van der Waals surface area contributed by atoms with Crippen molar-refractivity contribution in [2.75, 3.05) is 51.0 Å². The van der Waals surface area contributed by atoms with Crippen molar-refractivity contribution in [3.63, 3.8) is 0 Å². The van der Waals surface area contributed by atoms with E-state index in [0.717, 1.165) is 30.2 Å². The zero-order valence-electron chi connectivity index (χ0n) is 11.4. The van der Waals surface area contributed by atoms with Crippen molar-refractivity contribution < 1.29 is 4.74 Å². The van der Waals surface area contributed by atoms with E-state index in [4.69, 9.17) is 10.5 Å². The first kappa shape index (κ1) is 13.0. The van der Waals surface area contributed by atoms with Gasteiger partial charge in [0.05, 0.1) is 18.5 Å². The minimum atomic E-state index is 0.805. The molecule has 1 fully saturated rings. The lowest BCUT2D eigenvalue weighted by Crippen LogP contribution is -2.31. The van der Waals surface area contributed by atoms with Gasteiger partial charge in [-0.2, -0.15) is 0 Å². The van der Waals surface area contributed by atoms with Crippen LogP contribution in [0.2, 0.25) is 0 Å². The third-order valence-electron chi connectivity index (χ3n) is 3.60. The van der Waals surface area contributed by atoms with E-state index >= 15 is 0 Å². The number of anilines is 2. The quantitative estimate of drug-likeness (QED) is 0.808. The predicted octanol–water partition coefficient (Wildman–Crippen LogP) is 1.81. The standard InChI is InChI=1S/C14H23N3O/c1-16(9-10-17-7-3-4-8-17)14-11-12(18-2)5-6-13(14)15/h5-6,11H,3-4,7-10,15H2,1-2H3. The average molecular weight is 249 g/mol. The Morgan fingerprint density at radius 1 is 1.33 bits per heavy atom. The molecule has 0 unspecified atom stereocenters. The summed E-state index contributed by atoms with van der Waals surface area (Å²) in [6, 6.07) is 5.80. The summed E-state index contributed by atoms with van der Waals surface area (Å²) in [5.41, 5.74) is 7.87. The second kappa shape index (κ2) is 5.96. The molecule has 1 aromatic carbocycles. The smallest absolute Gasteiger partial charge is 0.121 e. The summed E-state index contributed by atoms with van der Waals surface area (Å²) in [6.45, 7) is 4.58. The summed E-state index contributed by atoms with van der Waals surface area (Å²) < 4.78 is 5.25. The number of ether oxygens (including phenoxy) is 1. The van der Waals surface area contributed by atoms with Gasteiger partial charge in [0.2, 0.25) is 0 Å². The van der Waals surface area contributed by atoms with Crippen molar-refractivity contribution in [1.82, 2.24) is 4.90 Å². The van der Waals surface area contributed by atoms with E-state index in [2.05, 4.69) is 16.8 Å². The highest BCUT2D eigenvalue weighted by atomic mass is 16.5. The number of nitrogens with two attached hydrogens (primary N) is 1. The molecule has 0 aliphatic carbocycles. The highest BCUT2D eigenvalue weighted by Crippen LogP contribution is 2.27. The van der Waals surface area contributed by atoms with Crippen LogP contribution in [-0.4, -0.2) is 45.2 Å². The number of likely N-dealkylation sites (tertiary alicyclic amines) is 1. The molecular weight excluding hydrogens is 226 g/mol. The Kier molecular flexibility index (Phi) is 4.31. The van der Waals surface area contributed by atoms with E-state index in [1.807, 2.05) is 18.2 Å². The van der Waals surface area contributed by atoms with Gasteiger partial charge < -0.3 is 20.3 Å². The molecule has 0 spiro atoms. The van der Waals surface area contributed by atoms with E-state index in [1.54, 1.807) is 7.11 Å². The van der Waals surface area contributed by atoms with Crippen LogP contribution in [0, 0.1) is 0 Å². The van der Waals surface area contributed by atoms with Crippen LogP contribution in [0.15, 0.2) is 18.2 Å². The summed E-state index contributed by atoms with van der Waals surface area (Å²) in [5, 5.41) is 0. The van der Waals surface area contributed by atoms with E-state index in [9.17, 15) is 0 Å². The molecule has 4 heteroatoms. The summed E-state index contributed by atoms with van der Waals surface area (Å²) in [4.78, 5) is 4.71. The Bertz CT molecular complexity index is 389. The van der Waals surface area contributed by atoms with Crippen molar-refractivity contribution >= 4 is 11.4 Å². The largest absolute Gasteiger partial charge is 0.497 e. The van der Waals surface area contributed by atoms with Crippen molar-refractivity contribution in [2.24, 2.45) is 0 Å². The fraction of sp³-hybridized carbons (Fsp3) is 0.571. The molecule has 2 rings (SSSR count). The van der Waals surface area contributed by atoms with E-state index in [-0.39, 0.29) is 0 Å². The third kappa shape index (κ3) is 3.07. The number of hydrogen-bond acceptors (Lipinski definition) is 4. The Hall–Kier alpha value is -1.42. The summed E-state index contributed by atoms with van der Waals surface area (Å²) in [7, 11) is 3.76. The SMILES string of the molecule is COc1ccc(N)c(N(C)CCN2CCCC2)c1. The first-order valence-electron chi connectivity index (χ1n) is 6.57. The molecule has 4 nitrogen and oxygen atoms in total. The summed E-state index contributed by atoms with van der Waals surface area (Å²) in [6.07, 6.45) is 2.68. The van der Waals surface area contributed by atoms with Crippen LogP contribution in [0.5, 0.6) is 5.75 Å². The Labute approximate surface area is 109 Å². The summed E-state index contributed by atoms with van der Waals surface area (Å²) in [5.74, 6) is 0.854. The topological polar surface area (TPSA) is 41.7 Å². The first-order valence-corrected chi connectivity index (χ1v) is 6.57. The zero-order valence-corrected chi connectivity index (χ0v) is 11.4. The molecule has 0 radical (unpaired) electrons. The van der Waals surface area contributed by atoms with Crippen LogP contribution in [0.3, 0.4) is 0 Å². The maximum atomic E-state index is 6.02. The number of nitrogen functional groups attached to an aromatic ring is 1. The molecule has 1 aromatic rings. The van der Waals surface area contributed by atoms with Crippen LogP contribution in [-0.2, 0) is 0 Å². The monoisotopic (exact) mass is 249 g/mol. The van der Waals surface area contributed by atoms with Gasteiger partial charge in [-0.1, -0.05) is 0 Å². The number of likely N-dealkylation sites (N-methyl/N-ethyl adjacent to an activating group) is 1. The highest BCUT2D eigenvalue weighted by Gasteiger charge is 2.13. The molecule has 0 amide bonds. The summed E-state index contributed by atoms with van der Waals surface area (Å²) >= 11 is 0. The van der Waals surface area contributed by atoms with Crippen molar-refractivity contribution in [2.45, 2.75) is 12.8 Å². The number of benzene rings is 1.